The normalized spacial score (nSPS) is 24.6. The van der Waals surface area contributed by atoms with Gasteiger partial charge in [-0.1, -0.05) is 35.0 Å². The van der Waals surface area contributed by atoms with Gasteiger partial charge in [0.2, 0.25) is 0 Å². The Balaban J connectivity index is 2.02. The van der Waals surface area contributed by atoms with Gasteiger partial charge in [0.25, 0.3) is 0 Å². The summed E-state index contributed by atoms with van der Waals surface area (Å²) in [6, 6.07) is 9.21. The zero-order valence-electron chi connectivity index (χ0n) is 11.9. The third-order valence-corrected chi connectivity index (χ3v) is 4.51. The highest BCUT2D eigenvalue weighted by molar-refractivity contribution is 9.10. The van der Waals surface area contributed by atoms with E-state index in [0.717, 1.165) is 24.0 Å². The van der Waals surface area contributed by atoms with Crippen LogP contribution in [0.5, 0.6) is 0 Å². The van der Waals surface area contributed by atoms with E-state index in [1.54, 1.807) is 0 Å². The Hall–Kier alpha value is -0.380. The molecule has 1 aromatic carbocycles. The van der Waals surface area contributed by atoms with E-state index in [9.17, 15) is 0 Å². The molecule has 1 aliphatic heterocycles. The van der Waals surface area contributed by atoms with E-state index in [1.165, 1.54) is 18.4 Å². The number of ether oxygens (including phenoxy) is 1. The van der Waals surface area contributed by atoms with E-state index in [2.05, 4.69) is 59.4 Å². The molecule has 0 amide bonds. The van der Waals surface area contributed by atoms with Crippen LogP contribution in [0.2, 0.25) is 0 Å². The molecule has 2 nitrogen and oxygen atoms in total. The molecule has 1 heterocycles. The lowest BCUT2D eigenvalue weighted by Gasteiger charge is -2.27. The highest BCUT2D eigenvalue weighted by atomic mass is 79.9. The van der Waals surface area contributed by atoms with Gasteiger partial charge in [0.15, 0.2) is 0 Å². The van der Waals surface area contributed by atoms with Gasteiger partial charge >= 0.3 is 0 Å². The van der Waals surface area contributed by atoms with Crippen LogP contribution in [0.4, 0.5) is 0 Å². The second kappa shape index (κ2) is 7.41. The molecule has 106 valence electrons. The summed E-state index contributed by atoms with van der Waals surface area (Å²) in [4.78, 5) is 0. The van der Waals surface area contributed by atoms with E-state index >= 15 is 0 Å². The minimum absolute atomic E-state index is 0.379. The maximum absolute atomic E-state index is 5.74. The van der Waals surface area contributed by atoms with Crippen LogP contribution in [0.3, 0.4) is 0 Å². The van der Waals surface area contributed by atoms with Gasteiger partial charge in [0, 0.05) is 23.0 Å². The minimum Gasteiger partial charge on any atom is -0.378 e. The molecule has 0 saturated carbocycles. The molecule has 3 heteroatoms. The van der Waals surface area contributed by atoms with Crippen molar-refractivity contribution in [1.82, 2.24) is 5.32 Å². The predicted molar refractivity (Wildman–Crippen MR) is 83.4 cm³/mol. The average molecular weight is 326 g/mol. The Morgan fingerprint density at radius 1 is 1.37 bits per heavy atom. The van der Waals surface area contributed by atoms with Crippen LogP contribution in [0, 0.1) is 5.92 Å². The van der Waals surface area contributed by atoms with Crippen molar-refractivity contribution >= 4 is 15.9 Å². The molecule has 0 aromatic heterocycles. The van der Waals surface area contributed by atoms with Gasteiger partial charge in [0.1, 0.15) is 0 Å². The summed E-state index contributed by atoms with van der Waals surface area (Å²) in [5.41, 5.74) is 1.40. The first kappa shape index (κ1) is 15.0. The fraction of sp³-hybridized carbons (Fsp3) is 0.625. The lowest BCUT2D eigenvalue weighted by atomic mass is 9.89. The van der Waals surface area contributed by atoms with Crippen molar-refractivity contribution in [3.63, 3.8) is 0 Å². The summed E-state index contributed by atoms with van der Waals surface area (Å²) in [6.45, 7) is 6.43. The zero-order chi connectivity index (χ0) is 13.7. The number of hydrogen-bond acceptors (Lipinski definition) is 2. The van der Waals surface area contributed by atoms with Gasteiger partial charge in [-0.15, -0.1) is 0 Å². The Labute approximate surface area is 125 Å². The van der Waals surface area contributed by atoms with E-state index in [0.29, 0.717) is 18.1 Å². The molecule has 0 bridgehead atoms. The van der Waals surface area contributed by atoms with Crippen molar-refractivity contribution in [2.24, 2.45) is 5.92 Å². The summed E-state index contributed by atoms with van der Waals surface area (Å²) >= 11 is 3.49. The van der Waals surface area contributed by atoms with Gasteiger partial charge < -0.3 is 10.1 Å². The Kier molecular flexibility index (Phi) is 5.86. The summed E-state index contributed by atoms with van der Waals surface area (Å²) in [7, 11) is 0. The molecule has 1 aliphatic rings. The van der Waals surface area contributed by atoms with Gasteiger partial charge in [-0.3, -0.25) is 0 Å². The SMILES string of the molecule is CCCNC(Cc1ccc(Br)cc1)C1CCOC1C. The van der Waals surface area contributed by atoms with Gasteiger partial charge in [-0.05, 0) is 50.4 Å². The maximum Gasteiger partial charge on any atom is 0.0590 e. The molecule has 1 saturated heterocycles. The first-order chi connectivity index (χ1) is 9.20. The summed E-state index contributed by atoms with van der Waals surface area (Å²) in [6.07, 6.45) is 3.83. The molecule has 1 fully saturated rings. The van der Waals surface area contributed by atoms with E-state index in [4.69, 9.17) is 4.74 Å². The summed E-state index contributed by atoms with van der Waals surface area (Å²) in [5, 5.41) is 3.71. The van der Waals surface area contributed by atoms with Crippen LogP contribution < -0.4 is 5.32 Å². The van der Waals surface area contributed by atoms with Crippen molar-refractivity contribution in [2.45, 2.75) is 45.3 Å². The monoisotopic (exact) mass is 325 g/mol. The van der Waals surface area contributed by atoms with Crippen LogP contribution in [0.25, 0.3) is 0 Å². The topological polar surface area (TPSA) is 21.3 Å². The van der Waals surface area contributed by atoms with Crippen LogP contribution in [0.1, 0.15) is 32.3 Å². The summed E-state index contributed by atoms with van der Waals surface area (Å²) < 4.78 is 6.88. The van der Waals surface area contributed by atoms with Crippen LogP contribution in [0.15, 0.2) is 28.7 Å². The molecule has 3 atom stereocenters. The first-order valence-electron chi connectivity index (χ1n) is 7.30. The summed E-state index contributed by atoms with van der Waals surface area (Å²) in [5.74, 6) is 0.634. The second-order valence-electron chi connectivity index (χ2n) is 5.42. The van der Waals surface area contributed by atoms with Gasteiger partial charge in [-0.25, -0.2) is 0 Å². The van der Waals surface area contributed by atoms with Crippen LogP contribution in [-0.2, 0) is 11.2 Å². The molecule has 0 spiro atoms. The zero-order valence-corrected chi connectivity index (χ0v) is 13.4. The van der Waals surface area contributed by atoms with E-state index in [1.807, 2.05) is 0 Å². The third-order valence-electron chi connectivity index (χ3n) is 3.98. The smallest absolute Gasteiger partial charge is 0.0590 e. The van der Waals surface area contributed by atoms with Gasteiger partial charge in [-0.2, -0.15) is 0 Å². The van der Waals surface area contributed by atoms with Crippen molar-refractivity contribution in [1.29, 1.82) is 0 Å². The Morgan fingerprint density at radius 2 is 2.11 bits per heavy atom. The van der Waals surface area contributed by atoms with Crippen LogP contribution >= 0.6 is 15.9 Å². The lowest BCUT2D eigenvalue weighted by Crippen LogP contribution is -2.41. The average Bonchev–Trinajstić information content (AvgIpc) is 2.83. The number of halogens is 1. The van der Waals surface area contributed by atoms with Crippen molar-refractivity contribution in [2.75, 3.05) is 13.2 Å². The maximum atomic E-state index is 5.74. The van der Waals surface area contributed by atoms with Gasteiger partial charge in [0.05, 0.1) is 6.10 Å². The molecular formula is C16H24BrNO. The molecular weight excluding hydrogens is 302 g/mol. The molecule has 0 radical (unpaired) electrons. The van der Waals surface area contributed by atoms with E-state index in [-0.39, 0.29) is 0 Å². The highest BCUT2D eigenvalue weighted by Gasteiger charge is 2.31. The number of benzene rings is 1. The van der Waals surface area contributed by atoms with Crippen molar-refractivity contribution < 1.29 is 4.74 Å². The third kappa shape index (κ3) is 4.30. The Bertz CT molecular complexity index is 379. The molecule has 19 heavy (non-hydrogen) atoms. The lowest BCUT2D eigenvalue weighted by molar-refractivity contribution is 0.0954. The first-order valence-corrected chi connectivity index (χ1v) is 8.09. The molecule has 1 aromatic rings. The predicted octanol–water partition coefficient (Wildman–Crippen LogP) is 3.78. The fourth-order valence-corrected chi connectivity index (χ4v) is 3.12. The molecule has 0 aliphatic carbocycles. The minimum atomic E-state index is 0.379. The standard InChI is InChI=1S/C16H24BrNO/c1-3-9-18-16(15-8-10-19-12(15)2)11-13-4-6-14(17)7-5-13/h4-7,12,15-16,18H,3,8-11H2,1-2H3. The number of hydrogen-bond donors (Lipinski definition) is 1. The van der Waals surface area contributed by atoms with Crippen molar-refractivity contribution in [3.05, 3.63) is 34.3 Å². The van der Waals surface area contributed by atoms with Crippen LogP contribution in [-0.4, -0.2) is 25.3 Å². The largest absolute Gasteiger partial charge is 0.378 e. The highest BCUT2D eigenvalue weighted by Crippen LogP contribution is 2.26. The molecule has 2 rings (SSSR count). The van der Waals surface area contributed by atoms with Crippen molar-refractivity contribution in [3.8, 4) is 0 Å². The fourth-order valence-electron chi connectivity index (χ4n) is 2.86. The quantitative estimate of drug-likeness (QED) is 0.859. The molecule has 3 unspecified atom stereocenters. The molecule has 1 N–H and O–H groups in total. The van der Waals surface area contributed by atoms with E-state index < -0.39 is 0 Å². The second-order valence-corrected chi connectivity index (χ2v) is 6.34. The Morgan fingerprint density at radius 3 is 2.68 bits per heavy atom. The number of nitrogens with one attached hydrogen (secondary N) is 1. The number of rotatable bonds is 6.